The molecule has 2 rings (SSSR count). The summed E-state index contributed by atoms with van der Waals surface area (Å²) in [5.41, 5.74) is 2.26. The molecule has 0 aliphatic heterocycles. The number of hydrogen-bond acceptors (Lipinski definition) is 4. The summed E-state index contributed by atoms with van der Waals surface area (Å²) < 4.78 is 5.13. The molecule has 0 aliphatic rings. The number of likely N-dealkylation sites (N-methyl/N-ethyl adjacent to an activating group) is 1. The van der Waals surface area contributed by atoms with Crippen molar-refractivity contribution in [2.45, 2.75) is 33.4 Å². The third kappa shape index (κ3) is 7.75. The van der Waals surface area contributed by atoms with Crippen molar-refractivity contribution in [3.63, 3.8) is 0 Å². The second-order valence-electron chi connectivity index (χ2n) is 7.28. The van der Waals surface area contributed by atoms with Crippen LogP contribution in [0.2, 0.25) is 0 Å². The second kappa shape index (κ2) is 11.7. The average molecular weight is 428 g/mol. The van der Waals surface area contributed by atoms with Crippen LogP contribution in [-0.2, 0) is 20.9 Å². The van der Waals surface area contributed by atoms with Gasteiger partial charge in [-0.2, -0.15) is 0 Å². The largest absolute Gasteiger partial charge is 0.497 e. The lowest BCUT2D eigenvalue weighted by atomic mass is 10.2. The molecule has 0 saturated carbocycles. The lowest BCUT2D eigenvalue weighted by Crippen LogP contribution is -3.17. The Balaban J connectivity index is 1.85. The molecule has 0 aliphatic carbocycles. The Morgan fingerprint density at radius 2 is 1.55 bits per heavy atom. The van der Waals surface area contributed by atoms with Crippen molar-refractivity contribution in [2.24, 2.45) is 0 Å². The van der Waals surface area contributed by atoms with E-state index in [4.69, 9.17) is 4.74 Å². The molecule has 3 amide bonds. The number of rotatable bonds is 10. The van der Waals surface area contributed by atoms with E-state index in [1.165, 1.54) is 6.92 Å². The number of quaternary nitrogens is 1. The van der Waals surface area contributed by atoms with Gasteiger partial charge in [0, 0.05) is 24.8 Å². The molecule has 0 fully saturated rings. The first-order valence-electron chi connectivity index (χ1n) is 10.2. The van der Waals surface area contributed by atoms with Gasteiger partial charge in [-0.25, -0.2) is 0 Å². The van der Waals surface area contributed by atoms with E-state index in [-0.39, 0.29) is 30.3 Å². The highest BCUT2D eigenvalue weighted by Crippen LogP contribution is 2.13. The first kappa shape index (κ1) is 23.9. The highest BCUT2D eigenvalue weighted by Gasteiger charge is 2.25. The number of carbonyl (C=O) groups excluding carboxylic acids is 3. The van der Waals surface area contributed by atoms with Crippen LogP contribution in [0, 0.1) is 0 Å². The Bertz CT molecular complexity index is 881. The number of hydrogen-bond donors (Lipinski definition) is 4. The molecular weight excluding hydrogens is 396 g/mol. The zero-order valence-corrected chi connectivity index (χ0v) is 18.5. The van der Waals surface area contributed by atoms with Gasteiger partial charge >= 0.3 is 0 Å². The summed E-state index contributed by atoms with van der Waals surface area (Å²) in [5, 5.41) is 8.44. The van der Waals surface area contributed by atoms with E-state index in [2.05, 4.69) is 16.0 Å². The molecule has 1 unspecified atom stereocenters. The molecular formula is C23H31N4O4+. The van der Waals surface area contributed by atoms with Crippen LogP contribution in [0.25, 0.3) is 0 Å². The van der Waals surface area contributed by atoms with Crippen molar-refractivity contribution in [2.75, 3.05) is 30.8 Å². The van der Waals surface area contributed by atoms with Gasteiger partial charge < -0.3 is 25.6 Å². The number of amides is 3. The molecule has 0 saturated heterocycles. The predicted octanol–water partition coefficient (Wildman–Crippen LogP) is 1.20. The molecule has 0 aromatic heterocycles. The van der Waals surface area contributed by atoms with Gasteiger partial charge in [-0.1, -0.05) is 12.1 Å². The molecule has 2 aromatic carbocycles. The lowest BCUT2D eigenvalue weighted by Gasteiger charge is -2.23. The first-order valence-corrected chi connectivity index (χ1v) is 10.2. The minimum Gasteiger partial charge on any atom is -0.497 e. The van der Waals surface area contributed by atoms with Crippen LogP contribution in [0.3, 0.4) is 0 Å². The Kier molecular flexibility index (Phi) is 9.02. The van der Waals surface area contributed by atoms with Crippen LogP contribution >= 0.6 is 0 Å². The van der Waals surface area contributed by atoms with Crippen LogP contribution in [0.15, 0.2) is 48.5 Å². The summed E-state index contributed by atoms with van der Waals surface area (Å²) >= 11 is 0. The fourth-order valence-corrected chi connectivity index (χ4v) is 3.11. The molecule has 4 N–H and O–H groups in total. The molecule has 8 nitrogen and oxygen atoms in total. The smallest absolute Gasteiger partial charge is 0.279 e. The summed E-state index contributed by atoms with van der Waals surface area (Å²) in [6.45, 7) is 6.41. The summed E-state index contributed by atoms with van der Waals surface area (Å²) in [7, 11) is 1.61. The van der Waals surface area contributed by atoms with Crippen molar-refractivity contribution < 1.29 is 24.0 Å². The number of methoxy groups -OCH3 is 1. The van der Waals surface area contributed by atoms with Crippen LogP contribution in [0.1, 0.15) is 26.3 Å². The molecule has 2 atom stereocenters. The van der Waals surface area contributed by atoms with Crippen molar-refractivity contribution in [3.05, 3.63) is 54.1 Å². The van der Waals surface area contributed by atoms with Gasteiger partial charge in [-0.05, 0) is 55.8 Å². The number of ether oxygens (including phenoxy) is 1. The van der Waals surface area contributed by atoms with Crippen molar-refractivity contribution in [3.8, 4) is 5.75 Å². The fourth-order valence-electron chi connectivity index (χ4n) is 3.11. The van der Waals surface area contributed by atoms with Gasteiger partial charge in [0.25, 0.3) is 11.8 Å². The fraction of sp³-hybridized carbons (Fsp3) is 0.348. The predicted molar refractivity (Wildman–Crippen MR) is 120 cm³/mol. The quantitative estimate of drug-likeness (QED) is 0.458. The van der Waals surface area contributed by atoms with Crippen LogP contribution in [0.4, 0.5) is 11.4 Å². The maximum absolute atomic E-state index is 12.6. The molecule has 0 spiro atoms. The van der Waals surface area contributed by atoms with Crippen LogP contribution in [0.5, 0.6) is 5.75 Å². The van der Waals surface area contributed by atoms with Gasteiger partial charge in [0.15, 0.2) is 12.6 Å². The third-order valence-electron chi connectivity index (χ3n) is 4.96. The van der Waals surface area contributed by atoms with E-state index < -0.39 is 0 Å². The van der Waals surface area contributed by atoms with Crippen molar-refractivity contribution >= 4 is 29.1 Å². The highest BCUT2D eigenvalue weighted by molar-refractivity contribution is 5.93. The Labute approximate surface area is 183 Å². The minimum absolute atomic E-state index is 0.111. The summed E-state index contributed by atoms with van der Waals surface area (Å²) in [5.74, 6) is 0.318. The molecule has 8 heteroatoms. The van der Waals surface area contributed by atoms with Crippen molar-refractivity contribution in [1.29, 1.82) is 0 Å². The summed E-state index contributed by atoms with van der Waals surface area (Å²) in [4.78, 5) is 37.0. The second-order valence-corrected chi connectivity index (χ2v) is 7.28. The lowest BCUT2D eigenvalue weighted by molar-refractivity contribution is -0.904. The number of nitrogens with one attached hydrogen (secondary N) is 4. The Hall–Kier alpha value is -3.39. The first-order chi connectivity index (χ1) is 14.8. The maximum atomic E-state index is 12.6. The summed E-state index contributed by atoms with van der Waals surface area (Å²) in [6, 6.07) is 14.0. The van der Waals surface area contributed by atoms with Gasteiger partial charge in [-0.3, -0.25) is 14.4 Å². The highest BCUT2D eigenvalue weighted by atomic mass is 16.5. The number of anilines is 2. The van der Waals surface area contributed by atoms with Crippen LogP contribution < -0.4 is 25.6 Å². The van der Waals surface area contributed by atoms with E-state index in [0.717, 1.165) is 16.2 Å². The SMILES string of the molecule is CC[NH+](CC(=O)Nc1ccc(NC(C)=O)cc1)[C@H](C)C(=O)NCc1ccc(OC)cc1. The molecule has 0 heterocycles. The number of carbonyl (C=O) groups is 3. The Morgan fingerprint density at radius 3 is 2.06 bits per heavy atom. The maximum Gasteiger partial charge on any atom is 0.279 e. The topological polar surface area (TPSA) is 101 Å². The van der Waals surface area contributed by atoms with Gasteiger partial charge in [0.05, 0.1) is 13.7 Å². The average Bonchev–Trinajstić information content (AvgIpc) is 2.76. The van der Waals surface area contributed by atoms with E-state index in [9.17, 15) is 14.4 Å². The zero-order chi connectivity index (χ0) is 22.8. The van der Waals surface area contributed by atoms with E-state index in [1.54, 1.807) is 31.4 Å². The third-order valence-corrected chi connectivity index (χ3v) is 4.96. The zero-order valence-electron chi connectivity index (χ0n) is 18.5. The molecule has 2 aromatic rings. The molecule has 166 valence electrons. The number of benzene rings is 2. The van der Waals surface area contributed by atoms with E-state index in [1.807, 2.05) is 38.1 Å². The summed E-state index contributed by atoms with van der Waals surface area (Å²) in [6.07, 6.45) is 0. The van der Waals surface area contributed by atoms with Crippen LogP contribution in [-0.4, -0.2) is 44.0 Å². The molecule has 0 radical (unpaired) electrons. The monoisotopic (exact) mass is 427 g/mol. The van der Waals surface area contributed by atoms with E-state index in [0.29, 0.717) is 24.5 Å². The van der Waals surface area contributed by atoms with Gasteiger partial charge in [-0.15, -0.1) is 0 Å². The Morgan fingerprint density at radius 1 is 0.968 bits per heavy atom. The van der Waals surface area contributed by atoms with E-state index >= 15 is 0 Å². The van der Waals surface area contributed by atoms with Crippen molar-refractivity contribution in [1.82, 2.24) is 5.32 Å². The molecule has 0 bridgehead atoms. The standard InChI is InChI=1S/C23H30N4O4/c1-5-27(15-22(29)26-20-10-8-19(9-11-20)25-17(3)28)16(2)23(30)24-14-18-6-12-21(31-4)13-7-18/h6-13,16H,5,14-15H2,1-4H3,(H,24,30)(H,25,28)(H,26,29)/p+1/t16-/m1/s1. The molecule has 31 heavy (non-hydrogen) atoms. The van der Waals surface area contributed by atoms with Gasteiger partial charge in [0.1, 0.15) is 5.75 Å². The van der Waals surface area contributed by atoms with Gasteiger partial charge in [0.2, 0.25) is 5.91 Å². The minimum atomic E-state index is -0.379. The normalized spacial score (nSPS) is 12.4.